The van der Waals surface area contributed by atoms with Crippen molar-refractivity contribution >= 4 is 28.9 Å². The molecule has 20 heavy (non-hydrogen) atoms. The van der Waals surface area contributed by atoms with E-state index in [1.165, 1.54) is 6.07 Å². The van der Waals surface area contributed by atoms with Gasteiger partial charge in [0.25, 0.3) is 5.24 Å². The Morgan fingerprint density at radius 2 is 2.25 bits per heavy atom. The predicted molar refractivity (Wildman–Crippen MR) is 74.9 cm³/mol. The molecule has 1 aliphatic heterocycles. The summed E-state index contributed by atoms with van der Waals surface area (Å²) in [4.78, 5) is 33.5. The van der Waals surface area contributed by atoms with Crippen molar-refractivity contribution in [3.63, 3.8) is 0 Å². The standard InChI is InChI=1S/C13H14N2O4S/c16-11(10-7-20-13(19)15-10)14-5-4-8-2-1-3-9(6-8)12(17)18/h1-3,6,10H,4-5,7H2,(H,14,16)(H,15,19)(H,17,18). The highest BCUT2D eigenvalue weighted by atomic mass is 32.2. The Balaban J connectivity index is 1.81. The average molecular weight is 294 g/mol. The molecule has 1 aliphatic rings. The molecule has 0 bridgehead atoms. The van der Waals surface area contributed by atoms with E-state index in [0.717, 1.165) is 17.3 Å². The lowest BCUT2D eigenvalue weighted by Gasteiger charge is -2.10. The van der Waals surface area contributed by atoms with Crippen molar-refractivity contribution in [3.8, 4) is 0 Å². The third kappa shape index (κ3) is 3.74. The fourth-order valence-electron chi connectivity index (χ4n) is 1.84. The van der Waals surface area contributed by atoms with Crippen LogP contribution in [0.2, 0.25) is 0 Å². The van der Waals surface area contributed by atoms with E-state index >= 15 is 0 Å². The van der Waals surface area contributed by atoms with Gasteiger partial charge in [-0.25, -0.2) is 4.79 Å². The first kappa shape index (κ1) is 14.4. The summed E-state index contributed by atoms with van der Waals surface area (Å²) >= 11 is 1.09. The van der Waals surface area contributed by atoms with Crippen molar-refractivity contribution in [1.82, 2.24) is 10.6 Å². The van der Waals surface area contributed by atoms with Crippen LogP contribution in [0, 0.1) is 0 Å². The van der Waals surface area contributed by atoms with Crippen LogP contribution in [-0.4, -0.2) is 40.6 Å². The van der Waals surface area contributed by atoms with Gasteiger partial charge in [0.2, 0.25) is 5.91 Å². The highest BCUT2D eigenvalue weighted by molar-refractivity contribution is 8.14. The molecule has 1 fully saturated rings. The van der Waals surface area contributed by atoms with Crippen LogP contribution in [0.1, 0.15) is 15.9 Å². The van der Waals surface area contributed by atoms with Crippen LogP contribution in [0.15, 0.2) is 24.3 Å². The number of benzene rings is 1. The molecular formula is C13H14N2O4S. The van der Waals surface area contributed by atoms with Crippen molar-refractivity contribution < 1.29 is 19.5 Å². The minimum absolute atomic E-state index is 0.181. The molecule has 6 nitrogen and oxygen atoms in total. The van der Waals surface area contributed by atoms with Gasteiger partial charge >= 0.3 is 5.97 Å². The first-order valence-electron chi connectivity index (χ1n) is 6.09. The number of hydrogen-bond donors (Lipinski definition) is 3. The van der Waals surface area contributed by atoms with Gasteiger partial charge in [-0.1, -0.05) is 23.9 Å². The van der Waals surface area contributed by atoms with E-state index in [9.17, 15) is 14.4 Å². The highest BCUT2D eigenvalue weighted by Gasteiger charge is 2.27. The summed E-state index contributed by atoms with van der Waals surface area (Å²) in [5.74, 6) is -0.738. The van der Waals surface area contributed by atoms with Crippen molar-refractivity contribution in [1.29, 1.82) is 0 Å². The van der Waals surface area contributed by atoms with E-state index in [4.69, 9.17) is 5.11 Å². The Labute approximate surface area is 119 Å². The molecule has 1 saturated heterocycles. The van der Waals surface area contributed by atoms with Crippen LogP contribution in [0.25, 0.3) is 0 Å². The number of aromatic carboxylic acids is 1. The maximum absolute atomic E-state index is 11.7. The number of carboxylic acid groups (broad SMARTS) is 1. The van der Waals surface area contributed by atoms with Crippen LogP contribution in [-0.2, 0) is 11.2 Å². The largest absolute Gasteiger partial charge is 0.478 e. The van der Waals surface area contributed by atoms with Crippen molar-refractivity contribution in [2.75, 3.05) is 12.3 Å². The van der Waals surface area contributed by atoms with Crippen LogP contribution in [0.3, 0.4) is 0 Å². The second-order valence-corrected chi connectivity index (χ2v) is 5.33. The number of carbonyl (C=O) groups excluding carboxylic acids is 2. The van der Waals surface area contributed by atoms with Gasteiger partial charge in [-0.3, -0.25) is 9.59 Å². The molecule has 106 valence electrons. The number of rotatable bonds is 5. The Kier molecular flexibility index (Phi) is 4.62. The Hall–Kier alpha value is -2.02. The second-order valence-electron chi connectivity index (χ2n) is 4.34. The van der Waals surface area contributed by atoms with Gasteiger partial charge in [0.15, 0.2) is 0 Å². The van der Waals surface area contributed by atoms with Gasteiger partial charge in [0.05, 0.1) is 5.56 Å². The highest BCUT2D eigenvalue weighted by Crippen LogP contribution is 2.12. The maximum atomic E-state index is 11.7. The monoisotopic (exact) mass is 294 g/mol. The van der Waals surface area contributed by atoms with Crippen LogP contribution < -0.4 is 10.6 Å². The summed E-state index contributed by atoms with van der Waals surface area (Å²) in [7, 11) is 0. The summed E-state index contributed by atoms with van der Waals surface area (Å²) in [5, 5.41) is 14.0. The molecule has 3 N–H and O–H groups in total. The molecule has 0 aromatic heterocycles. The summed E-state index contributed by atoms with van der Waals surface area (Å²) in [6.07, 6.45) is 0.542. The maximum Gasteiger partial charge on any atom is 0.335 e. The molecule has 1 atom stereocenters. The van der Waals surface area contributed by atoms with E-state index in [2.05, 4.69) is 10.6 Å². The third-order valence-corrected chi connectivity index (χ3v) is 3.76. The Bertz CT molecular complexity index is 547. The lowest BCUT2D eigenvalue weighted by atomic mass is 10.1. The lowest BCUT2D eigenvalue weighted by Crippen LogP contribution is -2.43. The van der Waals surface area contributed by atoms with Gasteiger partial charge in [-0.05, 0) is 24.1 Å². The van der Waals surface area contributed by atoms with Crippen LogP contribution >= 0.6 is 11.8 Å². The fraction of sp³-hybridized carbons (Fsp3) is 0.308. The minimum Gasteiger partial charge on any atom is -0.478 e. The number of carbonyl (C=O) groups is 3. The van der Waals surface area contributed by atoms with Gasteiger partial charge in [-0.2, -0.15) is 0 Å². The van der Waals surface area contributed by atoms with Crippen LogP contribution in [0.4, 0.5) is 4.79 Å². The SMILES string of the molecule is O=C1NC(C(=O)NCCc2cccc(C(=O)O)c2)CS1. The number of hydrogen-bond acceptors (Lipinski definition) is 4. The molecule has 0 saturated carbocycles. The molecule has 7 heteroatoms. The average Bonchev–Trinajstić information content (AvgIpc) is 2.86. The molecule has 1 aromatic carbocycles. The molecule has 1 aromatic rings. The molecule has 0 radical (unpaired) electrons. The van der Waals surface area contributed by atoms with Crippen LogP contribution in [0.5, 0.6) is 0 Å². The van der Waals surface area contributed by atoms with Gasteiger partial charge in [-0.15, -0.1) is 0 Å². The van der Waals surface area contributed by atoms with Gasteiger partial charge in [0.1, 0.15) is 6.04 Å². The first-order chi connectivity index (χ1) is 9.56. The lowest BCUT2D eigenvalue weighted by molar-refractivity contribution is -0.122. The molecular weight excluding hydrogens is 280 g/mol. The fourth-order valence-corrected chi connectivity index (χ4v) is 2.62. The summed E-state index contributed by atoms with van der Waals surface area (Å²) in [6.45, 7) is 0.402. The number of carboxylic acids is 1. The number of nitrogens with one attached hydrogen (secondary N) is 2. The Morgan fingerprint density at radius 1 is 1.45 bits per heavy atom. The zero-order valence-corrected chi connectivity index (χ0v) is 11.4. The number of amides is 2. The van der Waals surface area contributed by atoms with E-state index in [-0.39, 0.29) is 16.7 Å². The molecule has 0 aliphatic carbocycles. The van der Waals surface area contributed by atoms with Crippen molar-refractivity contribution in [3.05, 3.63) is 35.4 Å². The van der Waals surface area contributed by atoms with E-state index < -0.39 is 12.0 Å². The van der Waals surface area contributed by atoms with E-state index in [0.29, 0.717) is 18.7 Å². The van der Waals surface area contributed by atoms with Gasteiger partial charge in [0, 0.05) is 12.3 Å². The van der Waals surface area contributed by atoms with Gasteiger partial charge < -0.3 is 15.7 Å². The zero-order valence-electron chi connectivity index (χ0n) is 10.6. The summed E-state index contributed by atoms with van der Waals surface area (Å²) in [5.41, 5.74) is 1.07. The predicted octanol–water partition coefficient (Wildman–Crippen LogP) is 0.868. The third-order valence-electron chi connectivity index (χ3n) is 2.88. The minimum atomic E-state index is -0.971. The topological polar surface area (TPSA) is 95.5 Å². The van der Waals surface area contributed by atoms with Crippen molar-refractivity contribution in [2.24, 2.45) is 0 Å². The Morgan fingerprint density at radius 3 is 2.90 bits per heavy atom. The number of thioether (sulfide) groups is 1. The second kappa shape index (κ2) is 6.42. The molecule has 2 rings (SSSR count). The van der Waals surface area contributed by atoms with Crippen molar-refractivity contribution in [2.45, 2.75) is 12.5 Å². The normalized spacial score (nSPS) is 17.6. The van der Waals surface area contributed by atoms with E-state index in [1.807, 2.05) is 6.07 Å². The summed E-state index contributed by atoms with van der Waals surface area (Å²) < 4.78 is 0. The molecule has 2 amide bonds. The molecule has 1 unspecified atom stereocenters. The molecule has 0 spiro atoms. The quantitative estimate of drug-likeness (QED) is 0.749. The smallest absolute Gasteiger partial charge is 0.335 e. The molecule has 1 heterocycles. The van der Waals surface area contributed by atoms with E-state index in [1.54, 1.807) is 12.1 Å². The zero-order chi connectivity index (χ0) is 14.5. The first-order valence-corrected chi connectivity index (χ1v) is 7.08. The summed E-state index contributed by atoms with van der Waals surface area (Å²) in [6, 6.07) is 6.12.